The topological polar surface area (TPSA) is 69.6 Å². The van der Waals surface area contributed by atoms with Crippen LogP contribution < -0.4 is 10.2 Å². The molecule has 0 saturated heterocycles. The molecule has 5 heteroatoms. The molecule has 0 unspecified atom stereocenters. The average Bonchev–Trinajstić information content (AvgIpc) is 2.60. The first-order chi connectivity index (χ1) is 11.5. The molecule has 0 heterocycles. The van der Waals surface area contributed by atoms with E-state index in [1.54, 1.807) is 12.1 Å². The van der Waals surface area contributed by atoms with Crippen molar-refractivity contribution < 1.29 is 14.7 Å². The van der Waals surface area contributed by atoms with Gasteiger partial charge in [0, 0.05) is 31.4 Å². The summed E-state index contributed by atoms with van der Waals surface area (Å²) >= 11 is 0. The Hall–Kier alpha value is -2.82. The van der Waals surface area contributed by atoms with Crippen LogP contribution in [0.5, 0.6) is 0 Å². The van der Waals surface area contributed by atoms with E-state index in [4.69, 9.17) is 5.11 Å². The number of anilines is 1. The first-order valence-corrected chi connectivity index (χ1v) is 7.93. The van der Waals surface area contributed by atoms with Crippen LogP contribution in [0.15, 0.2) is 48.5 Å². The van der Waals surface area contributed by atoms with Crippen molar-refractivity contribution in [2.45, 2.75) is 19.9 Å². The minimum absolute atomic E-state index is 0.151. The third-order valence-corrected chi connectivity index (χ3v) is 3.78. The standard InChI is InChI=1S/C19H22N2O3/c1-3-12-21(2)17-10-8-15(9-11-17)18(22)20-13-14-4-6-16(7-5-14)19(23)24/h4-11H,3,12-13H2,1-2H3,(H,20,22)(H,23,24). The Kier molecular flexibility index (Phi) is 5.95. The van der Waals surface area contributed by atoms with Crippen LogP contribution in [-0.2, 0) is 6.54 Å². The van der Waals surface area contributed by atoms with Gasteiger partial charge in [-0.15, -0.1) is 0 Å². The quantitative estimate of drug-likeness (QED) is 0.820. The van der Waals surface area contributed by atoms with E-state index in [1.807, 2.05) is 31.3 Å². The first kappa shape index (κ1) is 17.5. The highest BCUT2D eigenvalue weighted by molar-refractivity contribution is 5.94. The van der Waals surface area contributed by atoms with Gasteiger partial charge in [-0.3, -0.25) is 4.79 Å². The van der Waals surface area contributed by atoms with Gasteiger partial charge in [0.05, 0.1) is 5.56 Å². The molecule has 5 nitrogen and oxygen atoms in total. The first-order valence-electron chi connectivity index (χ1n) is 7.93. The lowest BCUT2D eigenvalue weighted by Crippen LogP contribution is -2.23. The Morgan fingerprint density at radius 3 is 2.12 bits per heavy atom. The highest BCUT2D eigenvalue weighted by Crippen LogP contribution is 2.14. The van der Waals surface area contributed by atoms with Crippen molar-refractivity contribution in [3.63, 3.8) is 0 Å². The summed E-state index contributed by atoms with van der Waals surface area (Å²) in [5.74, 6) is -1.11. The van der Waals surface area contributed by atoms with Crippen molar-refractivity contribution in [2.24, 2.45) is 0 Å². The predicted molar refractivity (Wildman–Crippen MR) is 94.6 cm³/mol. The molecule has 126 valence electrons. The normalized spacial score (nSPS) is 10.2. The second-order valence-electron chi connectivity index (χ2n) is 5.65. The van der Waals surface area contributed by atoms with Crippen LogP contribution in [0, 0.1) is 0 Å². The third kappa shape index (κ3) is 4.59. The zero-order valence-corrected chi connectivity index (χ0v) is 14.0. The van der Waals surface area contributed by atoms with Gasteiger partial charge < -0.3 is 15.3 Å². The van der Waals surface area contributed by atoms with Crippen LogP contribution in [0.3, 0.4) is 0 Å². The molecule has 0 atom stereocenters. The van der Waals surface area contributed by atoms with Gasteiger partial charge in [0.2, 0.25) is 0 Å². The number of aromatic carboxylic acids is 1. The van der Waals surface area contributed by atoms with Gasteiger partial charge >= 0.3 is 5.97 Å². The molecule has 0 aliphatic rings. The molecule has 2 aromatic carbocycles. The number of benzene rings is 2. The molecule has 1 amide bonds. The van der Waals surface area contributed by atoms with Crippen molar-refractivity contribution in [3.8, 4) is 0 Å². The highest BCUT2D eigenvalue weighted by Gasteiger charge is 2.07. The van der Waals surface area contributed by atoms with Crippen LogP contribution in [0.1, 0.15) is 39.6 Å². The van der Waals surface area contributed by atoms with E-state index in [0.29, 0.717) is 12.1 Å². The molecule has 0 aromatic heterocycles. The summed E-state index contributed by atoms with van der Waals surface area (Å²) < 4.78 is 0. The van der Waals surface area contributed by atoms with E-state index in [2.05, 4.69) is 17.1 Å². The average molecular weight is 326 g/mol. The van der Waals surface area contributed by atoms with Crippen LogP contribution >= 0.6 is 0 Å². The van der Waals surface area contributed by atoms with Gasteiger partial charge in [0.1, 0.15) is 0 Å². The summed E-state index contributed by atoms with van der Waals surface area (Å²) in [6.45, 7) is 3.45. The number of carboxylic acids is 1. The third-order valence-electron chi connectivity index (χ3n) is 3.78. The molecule has 0 aliphatic heterocycles. The van der Waals surface area contributed by atoms with Crippen LogP contribution in [0.25, 0.3) is 0 Å². The zero-order valence-electron chi connectivity index (χ0n) is 14.0. The van der Waals surface area contributed by atoms with Gasteiger partial charge in [0.25, 0.3) is 5.91 Å². The van der Waals surface area contributed by atoms with Crippen molar-refractivity contribution in [1.29, 1.82) is 0 Å². The molecule has 0 bridgehead atoms. The monoisotopic (exact) mass is 326 g/mol. The second-order valence-corrected chi connectivity index (χ2v) is 5.65. The summed E-state index contributed by atoms with van der Waals surface area (Å²) in [5.41, 5.74) is 2.77. The highest BCUT2D eigenvalue weighted by atomic mass is 16.4. The van der Waals surface area contributed by atoms with E-state index in [0.717, 1.165) is 24.2 Å². The van der Waals surface area contributed by atoms with Gasteiger partial charge in [0.15, 0.2) is 0 Å². The van der Waals surface area contributed by atoms with E-state index in [9.17, 15) is 9.59 Å². The molecule has 0 saturated carbocycles. The van der Waals surface area contributed by atoms with Crippen molar-refractivity contribution >= 4 is 17.6 Å². The minimum atomic E-state index is -0.960. The van der Waals surface area contributed by atoms with E-state index in [-0.39, 0.29) is 11.5 Å². The number of nitrogens with one attached hydrogen (secondary N) is 1. The van der Waals surface area contributed by atoms with Crippen molar-refractivity contribution in [1.82, 2.24) is 5.32 Å². The maximum atomic E-state index is 12.2. The Labute approximate surface area is 141 Å². The molecular formula is C19H22N2O3. The van der Waals surface area contributed by atoms with Gasteiger partial charge in [-0.25, -0.2) is 4.79 Å². The van der Waals surface area contributed by atoms with E-state index < -0.39 is 5.97 Å². The number of amides is 1. The molecule has 2 rings (SSSR count). The maximum Gasteiger partial charge on any atom is 0.335 e. The smallest absolute Gasteiger partial charge is 0.335 e. The second kappa shape index (κ2) is 8.15. The van der Waals surface area contributed by atoms with Crippen LogP contribution in [0.4, 0.5) is 5.69 Å². The summed E-state index contributed by atoms with van der Waals surface area (Å²) in [6, 6.07) is 14.0. The molecule has 2 N–H and O–H groups in total. The molecule has 0 radical (unpaired) electrons. The molecule has 0 spiro atoms. The summed E-state index contributed by atoms with van der Waals surface area (Å²) in [4.78, 5) is 25.1. The molecule has 2 aromatic rings. The number of hydrogen-bond acceptors (Lipinski definition) is 3. The summed E-state index contributed by atoms with van der Waals surface area (Å²) in [5, 5.41) is 11.7. The van der Waals surface area contributed by atoms with E-state index >= 15 is 0 Å². The maximum absolute atomic E-state index is 12.2. The number of hydrogen-bond donors (Lipinski definition) is 2. The Balaban J connectivity index is 1.93. The fourth-order valence-corrected chi connectivity index (χ4v) is 2.38. The minimum Gasteiger partial charge on any atom is -0.478 e. The summed E-state index contributed by atoms with van der Waals surface area (Å²) in [7, 11) is 2.03. The molecule has 24 heavy (non-hydrogen) atoms. The lowest BCUT2D eigenvalue weighted by molar-refractivity contribution is 0.0696. The number of carbonyl (C=O) groups excluding carboxylic acids is 1. The Morgan fingerprint density at radius 2 is 1.58 bits per heavy atom. The Morgan fingerprint density at radius 1 is 1.00 bits per heavy atom. The van der Waals surface area contributed by atoms with E-state index in [1.165, 1.54) is 12.1 Å². The molecule has 0 fully saturated rings. The van der Waals surface area contributed by atoms with Gasteiger partial charge in [-0.2, -0.15) is 0 Å². The number of carboxylic acid groups (broad SMARTS) is 1. The van der Waals surface area contributed by atoms with Gasteiger partial charge in [-0.05, 0) is 48.4 Å². The van der Waals surface area contributed by atoms with Crippen LogP contribution in [-0.4, -0.2) is 30.6 Å². The fraction of sp³-hybridized carbons (Fsp3) is 0.263. The zero-order chi connectivity index (χ0) is 17.5. The molecular weight excluding hydrogens is 304 g/mol. The summed E-state index contributed by atoms with van der Waals surface area (Å²) in [6.07, 6.45) is 1.07. The predicted octanol–water partition coefficient (Wildman–Crippen LogP) is 3.16. The van der Waals surface area contributed by atoms with Crippen molar-refractivity contribution in [2.75, 3.05) is 18.5 Å². The van der Waals surface area contributed by atoms with Gasteiger partial charge in [-0.1, -0.05) is 19.1 Å². The SMILES string of the molecule is CCCN(C)c1ccc(C(=O)NCc2ccc(C(=O)O)cc2)cc1. The fourth-order valence-electron chi connectivity index (χ4n) is 2.38. The lowest BCUT2D eigenvalue weighted by Gasteiger charge is -2.18. The number of nitrogens with zero attached hydrogens (tertiary/aromatic N) is 1. The lowest BCUT2D eigenvalue weighted by atomic mass is 10.1. The van der Waals surface area contributed by atoms with Crippen molar-refractivity contribution in [3.05, 3.63) is 65.2 Å². The number of carbonyl (C=O) groups is 2. The van der Waals surface area contributed by atoms with Crippen LogP contribution in [0.2, 0.25) is 0 Å². The largest absolute Gasteiger partial charge is 0.478 e. The molecule has 0 aliphatic carbocycles. The Bertz CT molecular complexity index is 694. The number of rotatable bonds is 7.